The molecule has 0 aromatic rings. The molecule has 0 aliphatic rings. The SMILES string of the molecule is [C-]#[N+]CC(CC)CC#N. The van der Waals surface area contributed by atoms with Gasteiger partial charge in [0, 0.05) is 12.3 Å². The van der Waals surface area contributed by atoms with Crippen LogP contribution >= 0.6 is 0 Å². The predicted octanol–water partition coefficient (Wildman–Crippen LogP) is 1.85. The van der Waals surface area contributed by atoms with Gasteiger partial charge in [-0.1, -0.05) is 6.92 Å². The largest absolute Gasteiger partial charge is 0.317 e. The van der Waals surface area contributed by atoms with Gasteiger partial charge in [0.1, 0.15) is 0 Å². The van der Waals surface area contributed by atoms with E-state index < -0.39 is 0 Å². The zero-order valence-corrected chi connectivity index (χ0v) is 5.59. The summed E-state index contributed by atoms with van der Waals surface area (Å²) < 4.78 is 0. The number of hydrogen-bond donors (Lipinski definition) is 0. The monoisotopic (exact) mass is 122 g/mol. The van der Waals surface area contributed by atoms with Gasteiger partial charge in [0.2, 0.25) is 6.54 Å². The highest BCUT2D eigenvalue weighted by Crippen LogP contribution is 2.06. The number of rotatable bonds is 3. The third-order valence-corrected chi connectivity index (χ3v) is 1.31. The summed E-state index contributed by atoms with van der Waals surface area (Å²) in [5.41, 5.74) is 0. The van der Waals surface area contributed by atoms with Crippen LogP contribution < -0.4 is 0 Å². The van der Waals surface area contributed by atoms with E-state index in [2.05, 4.69) is 10.9 Å². The van der Waals surface area contributed by atoms with Gasteiger partial charge in [-0.25, -0.2) is 6.57 Å². The maximum atomic E-state index is 8.24. The van der Waals surface area contributed by atoms with Gasteiger partial charge in [-0.3, -0.25) is 0 Å². The van der Waals surface area contributed by atoms with E-state index in [0.29, 0.717) is 18.9 Å². The van der Waals surface area contributed by atoms with Crippen molar-refractivity contribution in [1.29, 1.82) is 5.26 Å². The van der Waals surface area contributed by atoms with E-state index >= 15 is 0 Å². The van der Waals surface area contributed by atoms with E-state index in [1.165, 1.54) is 0 Å². The number of nitrogens with zero attached hydrogens (tertiary/aromatic N) is 2. The van der Waals surface area contributed by atoms with Gasteiger partial charge >= 0.3 is 0 Å². The topological polar surface area (TPSA) is 28.1 Å². The van der Waals surface area contributed by atoms with Gasteiger partial charge in [0.15, 0.2) is 0 Å². The molecule has 1 unspecified atom stereocenters. The first kappa shape index (κ1) is 7.98. The molecule has 1 atom stereocenters. The minimum absolute atomic E-state index is 0.299. The lowest BCUT2D eigenvalue weighted by atomic mass is 10.0. The van der Waals surface area contributed by atoms with E-state index in [0.717, 1.165) is 6.42 Å². The highest BCUT2D eigenvalue weighted by Gasteiger charge is 2.06. The average molecular weight is 122 g/mol. The lowest BCUT2D eigenvalue weighted by Gasteiger charge is -1.98. The summed E-state index contributed by atoms with van der Waals surface area (Å²) in [4.78, 5) is 3.22. The van der Waals surface area contributed by atoms with Gasteiger partial charge in [0.25, 0.3) is 0 Å². The van der Waals surface area contributed by atoms with Crippen LogP contribution in [0.25, 0.3) is 4.85 Å². The number of nitriles is 1. The molecule has 0 N–H and O–H groups in total. The summed E-state index contributed by atoms with van der Waals surface area (Å²) in [5.74, 6) is 0.299. The average Bonchev–Trinajstić information content (AvgIpc) is 1.88. The van der Waals surface area contributed by atoms with Crippen molar-refractivity contribution in [2.45, 2.75) is 19.8 Å². The molecule has 2 nitrogen and oxygen atoms in total. The van der Waals surface area contributed by atoms with Gasteiger partial charge in [-0.15, -0.1) is 0 Å². The molecule has 2 heteroatoms. The molecule has 48 valence electrons. The van der Waals surface area contributed by atoms with Crippen LogP contribution in [-0.4, -0.2) is 6.54 Å². The molecule has 9 heavy (non-hydrogen) atoms. The minimum atomic E-state index is 0.299. The van der Waals surface area contributed by atoms with Crippen LogP contribution in [0.15, 0.2) is 0 Å². The molecule has 0 radical (unpaired) electrons. The van der Waals surface area contributed by atoms with E-state index in [4.69, 9.17) is 11.8 Å². The quantitative estimate of drug-likeness (QED) is 0.525. The summed E-state index contributed by atoms with van der Waals surface area (Å²) in [6, 6.07) is 2.06. The molecule has 0 aromatic carbocycles. The normalized spacial score (nSPS) is 11.4. The summed E-state index contributed by atoms with van der Waals surface area (Å²) in [5, 5.41) is 8.24. The van der Waals surface area contributed by atoms with Crippen LogP contribution in [0, 0.1) is 23.8 Å². The van der Waals surface area contributed by atoms with E-state index in [9.17, 15) is 0 Å². The summed E-state index contributed by atoms with van der Waals surface area (Å²) in [6.45, 7) is 9.04. The maximum Gasteiger partial charge on any atom is 0.218 e. The van der Waals surface area contributed by atoms with Crippen LogP contribution in [0.5, 0.6) is 0 Å². The molecule has 0 fully saturated rings. The fourth-order valence-corrected chi connectivity index (χ4v) is 0.596. The van der Waals surface area contributed by atoms with Gasteiger partial charge in [-0.2, -0.15) is 5.26 Å². The molecule has 0 saturated carbocycles. The molecule has 0 aliphatic carbocycles. The Labute approximate surface area is 55.9 Å². The summed E-state index contributed by atoms with van der Waals surface area (Å²) >= 11 is 0. The molecule has 0 saturated heterocycles. The first-order valence-electron chi connectivity index (χ1n) is 3.05. The molecule has 0 rings (SSSR count). The first-order chi connectivity index (χ1) is 4.35. The fourth-order valence-electron chi connectivity index (χ4n) is 0.596. The Morgan fingerprint density at radius 1 is 1.78 bits per heavy atom. The second kappa shape index (κ2) is 5.12. The van der Waals surface area contributed by atoms with Crippen molar-refractivity contribution in [1.82, 2.24) is 0 Å². The Morgan fingerprint density at radius 3 is 2.78 bits per heavy atom. The summed E-state index contributed by atoms with van der Waals surface area (Å²) in [6.07, 6.45) is 1.47. The molecular formula is C7H10N2. The van der Waals surface area contributed by atoms with Crippen LogP contribution in [-0.2, 0) is 0 Å². The molecule has 0 amide bonds. The second-order valence-corrected chi connectivity index (χ2v) is 1.98. The van der Waals surface area contributed by atoms with Crippen LogP contribution in [0.3, 0.4) is 0 Å². The number of hydrogen-bond acceptors (Lipinski definition) is 1. The first-order valence-corrected chi connectivity index (χ1v) is 3.05. The zero-order chi connectivity index (χ0) is 7.11. The van der Waals surface area contributed by atoms with Gasteiger partial charge in [0.05, 0.1) is 6.07 Å². The van der Waals surface area contributed by atoms with Crippen LogP contribution in [0.1, 0.15) is 19.8 Å². The van der Waals surface area contributed by atoms with Crippen molar-refractivity contribution in [3.63, 3.8) is 0 Å². The van der Waals surface area contributed by atoms with Crippen LogP contribution in [0.4, 0.5) is 0 Å². The van der Waals surface area contributed by atoms with E-state index in [1.54, 1.807) is 0 Å². The van der Waals surface area contributed by atoms with Crippen molar-refractivity contribution in [2.24, 2.45) is 5.92 Å². The molecule has 0 heterocycles. The molecule has 0 spiro atoms. The Balaban J connectivity index is 3.47. The summed E-state index contributed by atoms with van der Waals surface area (Å²) in [7, 11) is 0. The smallest absolute Gasteiger partial charge is 0.218 e. The third kappa shape index (κ3) is 3.55. The predicted molar refractivity (Wildman–Crippen MR) is 35.5 cm³/mol. The fraction of sp³-hybridized carbons (Fsp3) is 0.714. The van der Waals surface area contributed by atoms with E-state index in [1.807, 2.05) is 6.92 Å². The Bertz CT molecular complexity index is 122. The zero-order valence-electron chi connectivity index (χ0n) is 5.59. The van der Waals surface area contributed by atoms with Crippen LogP contribution in [0.2, 0.25) is 0 Å². The van der Waals surface area contributed by atoms with Crippen molar-refractivity contribution in [2.75, 3.05) is 6.54 Å². The highest BCUT2D eigenvalue weighted by molar-refractivity contribution is 4.79. The molecule has 0 bridgehead atoms. The van der Waals surface area contributed by atoms with Crippen molar-refractivity contribution in [3.8, 4) is 6.07 Å². The van der Waals surface area contributed by atoms with Crippen molar-refractivity contribution < 1.29 is 0 Å². The van der Waals surface area contributed by atoms with Crippen molar-refractivity contribution >= 4 is 0 Å². The van der Waals surface area contributed by atoms with E-state index in [-0.39, 0.29) is 0 Å². The van der Waals surface area contributed by atoms with Crippen molar-refractivity contribution in [3.05, 3.63) is 11.4 Å². The molecule has 0 aromatic heterocycles. The maximum absolute atomic E-state index is 8.24. The third-order valence-electron chi connectivity index (χ3n) is 1.31. The highest BCUT2D eigenvalue weighted by atomic mass is 14.6. The minimum Gasteiger partial charge on any atom is -0.317 e. The second-order valence-electron chi connectivity index (χ2n) is 1.98. The molecule has 0 aliphatic heterocycles. The Hall–Kier alpha value is -1.02. The lowest BCUT2D eigenvalue weighted by Crippen LogP contribution is -1.99. The lowest BCUT2D eigenvalue weighted by molar-refractivity contribution is 0.563. The Morgan fingerprint density at radius 2 is 2.44 bits per heavy atom. The van der Waals surface area contributed by atoms with Gasteiger partial charge in [-0.05, 0) is 6.42 Å². The standard InChI is InChI=1S/C7H10N2/c1-3-7(4-5-8)6-9-2/h7H,3-4,6H2,1H3. The molecular weight excluding hydrogens is 112 g/mol. The van der Waals surface area contributed by atoms with Gasteiger partial charge < -0.3 is 4.85 Å². The Kier molecular flexibility index (Phi) is 4.54.